The number of anilines is 3. The van der Waals surface area contributed by atoms with Crippen LogP contribution in [0.2, 0.25) is 0 Å². The molecular weight excluding hydrogens is 701 g/mol. The van der Waals surface area contributed by atoms with Crippen LogP contribution in [0.4, 0.5) is 17.1 Å². The second kappa shape index (κ2) is 12.3. The second-order valence-corrected chi connectivity index (χ2v) is 20.0. The highest BCUT2D eigenvalue weighted by atomic mass is 15.1. The first-order chi connectivity index (χ1) is 27.5. The Kier molecular flexibility index (Phi) is 7.75. The van der Waals surface area contributed by atoms with Crippen molar-refractivity contribution >= 4 is 38.9 Å². The van der Waals surface area contributed by atoms with E-state index in [-0.39, 0.29) is 21.7 Å². The monoisotopic (exact) mass is 754 g/mol. The molecule has 0 aliphatic heterocycles. The van der Waals surface area contributed by atoms with Gasteiger partial charge < -0.3 is 9.47 Å². The van der Waals surface area contributed by atoms with E-state index in [1.165, 1.54) is 94.5 Å². The van der Waals surface area contributed by atoms with Gasteiger partial charge in [-0.15, -0.1) is 0 Å². The summed E-state index contributed by atoms with van der Waals surface area (Å²) in [6.45, 7) is 23.5. The lowest BCUT2D eigenvalue weighted by Crippen LogP contribution is -2.18. The van der Waals surface area contributed by atoms with Crippen LogP contribution in [0.15, 0.2) is 146 Å². The van der Waals surface area contributed by atoms with Crippen LogP contribution in [0.3, 0.4) is 0 Å². The summed E-state index contributed by atoms with van der Waals surface area (Å²) in [7, 11) is 0. The molecule has 7 aromatic carbocycles. The minimum atomic E-state index is -0.117. The van der Waals surface area contributed by atoms with Gasteiger partial charge in [0.25, 0.3) is 0 Å². The summed E-state index contributed by atoms with van der Waals surface area (Å²) in [6, 6.07) is 55.5. The average molecular weight is 755 g/mol. The standard InChI is InChI=1S/C56H54N2/c1-53(2,3)35-29-36(54(4,5)6)31-40(30-35)58-51-22-16-13-19-45(51)46-28-25-39(34-52(46)58)57(37-23-26-43-41-17-11-14-20-47(41)55(7,8)49(43)32-37)38-24-27-44-42-18-12-15-21-48(42)56(9,10)50(44)33-38/h11-34H,1-10H3. The molecular formula is C56H54N2. The molecule has 2 aliphatic rings. The summed E-state index contributed by atoms with van der Waals surface area (Å²) in [4.78, 5) is 2.51. The van der Waals surface area contributed by atoms with E-state index in [1.54, 1.807) is 0 Å². The number of hydrogen-bond donors (Lipinski definition) is 0. The summed E-state index contributed by atoms with van der Waals surface area (Å²) < 4.78 is 2.52. The lowest BCUT2D eigenvalue weighted by Gasteiger charge is -2.30. The number of hydrogen-bond acceptors (Lipinski definition) is 1. The van der Waals surface area contributed by atoms with Crippen molar-refractivity contribution in [2.75, 3.05) is 4.90 Å². The zero-order valence-corrected chi connectivity index (χ0v) is 35.8. The molecule has 0 amide bonds. The van der Waals surface area contributed by atoms with Crippen LogP contribution in [0.5, 0.6) is 0 Å². The van der Waals surface area contributed by atoms with E-state index in [2.05, 4.69) is 224 Å². The molecule has 2 aliphatic carbocycles. The van der Waals surface area contributed by atoms with E-state index in [0.29, 0.717) is 0 Å². The third-order valence-corrected chi connectivity index (χ3v) is 13.5. The summed E-state index contributed by atoms with van der Waals surface area (Å²) in [5.74, 6) is 0. The first-order valence-corrected chi connectivity index (χ1v) is 21.0. The SMILES string of the molecule is CC(C)(C)c1cc(-n2c3ccccc3c3ccc(N(c4ccc5c(c4)C(C)(C)c4ccccc4-5)c4ccc5c(c4)C(C)(C)c4ccccc4-5)cc32)cc(C(C)(C)C)c1. The topological polar surface area (TPSA) is 8.17 Å². The molecule has 58 heavy (non-hydrogen) atoms. The van der Waals surface area contributed by atoms with Crippen molar-refractivity contribution in [3.8, 4) is 27.9 Å². The van der Waals surface area contributed by atoms with Gasteiger partial charge in [-0.2, -0.15) is 0 Å². The first-order valence-electron chi connectivity index (χ1n) is 21.0. The largest absolute Gasteiger partial charge is 0.310 e. The molecule has 2 heteroatoms. The molecule has 0 bridgehead atoms. The van der Waals surface area contributed by atoms with Gasteiger partial charge in [0, 0.05) is 44.4 Å². The van der Waals surface area contributed by atoms with Crippen molar-refractivity contribution in [1.82, 2.24) is 4.57 Å². The van der Waals surface area contributed by atoms with Crippen molar-refractivity contribution in [2.24, 2.45) is 0 Å². The van der Waals surface area contributed by atoms with Crippen LogP contribution in [0.1, 0.15) is 103 Å². The summed E-state index contributed by atoms with van der Waals surface area (Å²) in [5, 5.41) is 2.53. The lowest BCUT2D eigenvalue weighted by atomic mass is 9.80. The van der Waals surface area contributed by atoms with E-state index in [1.807, 2.05) is 0 Å². The van der Waals surface area contributed by atoms with Crippen molar-refractivity contribution < 1.29 is 0 Å². The number of para-hydroxylation sites is 1. The molecule has 0 saturated carbocycles. The molecule has 0 atom stereocenters. The minimum absolute atomic E-state index is 0.00125. The second-order valence-electron chi connectivity index (χ2n) is 20.0. The van der Waals surface area contributed by atoms with Gasteiger partial charge in [-0.05, 0) is 121 Å². The van der Waals surface area contributed by atoms with Gasteiger partial charge in [-0.3, -0.25) is 0 Å². The van der Waals surface area contributed by atoms with Gasteiger partial charge in [0.15, 0.2) is 0 Å². The van der Waals surface area contributed by atoms with Gasteiger partial charge in [0.1, 0.15) is 0 Å². The third kappa shape index (κ3) is 5.37. The number of aromatic nitrogens is 1. The minimum Gasteiger partial charge on any atom is -0.310 e. The Morgan fingerprint density at radius 3 is 1.36 bits per heavy atom. The number of nitrogens with zero attached hydrogens (tertiary/aromatic N) is 2. The molecule has 8 aromatic rings. The Labute approximate surface area is 344 Å². The fourth-order valence-corrected chi connectivity index (χ4v) is 10.1. The molecule has 0 spiro atoms. The van der Waals surface area contributed by atoms with Crippen LogP contribution in [-0.2, 0) is 21.7 Å². The highest BCUT2D eigenvalue weighted by molar-refractivity contribution is 6.10. The normalized spacial score (nSPS) is 15.0. The zero-order chi connectivity index (χ0) is 40.5. The Bertz CT molecular complexity index is 2830. The smallest absolute Gasteiger partial charge is 0.0561 e. The Morgan fingerprint density at radius 1 is 0.397 bits per heavy atom. The molecule has 0 fully saturated rings. The molecule has 0 N–H and O–H groups in total. The quantitative estimate of drug-likeness (QED) is 0.174. The molecule has 0 radical (unpaired) electrons. The number of rotatable bonds is 4. The lowest BCUT2D eigenvalue weighted by molar-refractivity contribution is 0.568. The van der Waals surface area contributed by atoms with E-state index < -0.39 is 0 Å². The highest BCUT2D eigenvalue weighted by Crippen LogP contribution is 2.53. The molecule has 1 heterocycles. The van der Waals surface area contributed by atoms with E-state index >= 15 is 0 Å². The van der Waals surface area contributed by atoms with Gasteiger partial charge in [-0.25, -0.2) is 0 Å². The van der Waals surface area contributed by atoms with Crippen LogP contribution < -0.4 is 4.90 Å². The Morgan fingerprint density at radius 2 is 0.828 bits per heavy atom. The maximum atomic E-state index is 2.52. The van der Waals surface area contributed by atoms with Gasteiger partial charge in [0.2, 0.25) is 0 Å². The number of fused-ring (bicyclic) bond motifs is 9. The van der Waals surface area contributed by atoms with Crippen molar-refractivity contribution in [3.05, 3.63) is 179 Å². The third-order valence-electron chi connectivity index (χ3n) is 13.5. The van der Waals surface area contributed by atoms with Crippen LogP contribution in [0, 0.1) is 0 Å². The van der Waals surface area contributed by atoms with E-state index in [9.17, 15) is 0 Å². The summed E-state index contributed by atoms with van der Waals surface area (Å²) in [5.41, 5.74) is 20.4. The highest BCUT2D eigenvalue weighted by Gasteiger charge is 2.38. The molecule has 1 aromatic heterocycles. The average Bonchev–Trinajstić information content (AvgIpc) is 3.74. The van der Waals surface area contributed by atoms with Gasteiger partial charge in [0.05, 0.1) is 11.0 Å². The van der Waals surface area contributed by atoms with Gasteiger partial charge >= 0.3 is 0 Å². The molecule has 288 valence electrons. The zero-order valence-electron chi connectivity index (χ0n) is 35.8. The van der Waals surface area contributed by atoms with Crippen LogP contribution in [-0.4, -0.2) is 4.57 Å². The van der Waals surface area contributed by atoms with E-state index in [4.69, 9.17) is 0 Å². The maximum Gasteiger partial charge on any atom is 0.0561 e. The van der Waals surface area contributed by atoms with Crippen LogP contribution in [0.25, 0.3) is 49.7 Å². The van der Waals surface area contributed by atoms with Crippen molar-refractivity contribution in [2.45, 2.75) is 90.9 Å². The first kappa shape index (κ1) is 36.5. The predicted molar refractivity (Wildman–Crippen MR) is 248 cm³/mol. The molecule has 0 saturated heterocycles. The van der Waals surface area contributed by atoms with Crippen molar-refractivity contribution in [3.63, 3.8) is 0 Å². The van der Waals surface area contributed by atoms with Crippen molar-refractivity contribution in [1.29, 1.82) is 0 Å². The molecule has 2 nitrogen and oxygen atoms in total. The van der Waals surface area contributed by atoms with E-state index in [0.717, 1.165) is 5.69 Å². The molecule has 0 unspecified atom stereocenters. The Balaban J connectivity index is 1.24. The van der Waals surface area contributed by atoms with Crippen LogP contribution >= 0.6 is 0 Å². The summed E-state index contributed by atoms with van der Waals surface area (Å²) >= 11 is 0. The maximum absolute atomic E-state index is 2.52. The summed E-state index contributed by atoms with van der Waals surface area (Å²) in [6.07, 6.45) is 0. The fourth-order valence-electron chi connectivity index (χ4n) is 10.1. The number of benzene rings is 7. The molecule has 10 rings (SSSR count). The predicted octanol–water partition coefficient (Wildman–Crippen LogP) is 15.5. The fraction of sp³-hybridized carbons (Fsp3) is 0.250. The Hall–Kier alpha value is -5.86. The van der Waals surface area contributed by atoms with Gasteiger partial charge in [-0.1, -0.05) is 160 Å².